The molecule has 0 radical (unpaired) electrons. The standard InChI is InChI=1S/C10H11ClN4O4/c11-6-1-2-8(15(18)19)7(5-6)10(17)9(16)3-4-13-14-12/h1-2,5,9-10,16-17H,3-4H2. The lowest BCUT2D eigenvalue weighted by Gasteiger charge is -2.17. The highest BCUT2D eigenvalue weighted by Gasteiger charge is 2.26. The molecule has 0 heterocycles. The third-order valence-electron chi connectivity index (χ3n) is 2.46. The molecule has 2 N–H and O–H groups in total. The fourth-order valence-corrected chi connectivity index (χ4v) is 1.71. The van der Waals surface area contributed by atoms with Gasteiger partial charge in [0.15, 0.2) is 0 Å². The number of aliphatic hydroxyl groups excluding tert-OH is 2. The van der Waals surface area contributed by atoms with Crippen molar-refractivity contribution < 1.29 is 15.1 Å². The molecule has 0 aromatic heterocycles. The number of rotatable bonds is 6. The van der Waals surface area contributed by atoms with Gasteiger partial charge in [-0.15, -0.1) is 0 Å². The molecule has 0 aliphatic heterocycles. The normalized spacial score (nSPS) is 13.4. The molecule has 0 aliphatic rings. The van der Waals surface area contributed by atoms with Gasteiger partial charge < -0.3 is 10.2 Å². The third-order valence-corrected chi connectivity index (χ3v) is 2.69. The van der Waals surface area contributed by atoms with E-state index in [0.29, 0.717) is 0 Å². The maximum atomic E-state index is 10.8. The van der Waals surface area contributed by atoms with E-state index in [9.17, 15) is 20.3 Å². The highest BCUT2D eigenvalue weighted by molar-refractivity contribution is 6.30. The number of hydrogen-bond acceptors (Lipinski definition) is 5. The monoisotopic (exact) mass is 286 g/mol. The van der Waals surface area contributed by atoms with E-state index in [0.717, 1.165) is 6.07 Å². The average Bonchev–Trinajstić information content (AvgIpc) is 2.37. The Morgan fingerprint density at radius 1 is 1.53 bits per heavy atom. The van der Waals surface area contributed by atoms with Crippen molar-refractivity contribution in [1.82, 2.24) is 0 Å². The minimum absolute atomic E-state index is 0.0190. The van der Waals surface area contributed by atoms with E-state index in [1.807, 2.05) is 0 Å². The minimum atomic E-state index is -1.48. The van der Waals surface area contributed by atoms with E-state index >= 15 is 0 Å². The lowest BCUT2D eigenvalue weighted by molar-refractivity contribution is -0.386. The Balaban J connectivity index is 2.96. The molecule has 2 unspecified atom stereocenters. The number of azide groups is 1. The van der Waals surface area contributed by atoms with E-state index in [2.05, 4.69) is 10.0 Å². The zero-order chi connectivity index (χ0) is 14.4. The van der Waals surface area contributed by atoms with E-state index < -0.39 is 17.1 Å². The van der Waals surface area contributed by atoms with Crippen LogP contribution in [-0.4, -0.2) is 27.8 Å². The van der Waals surface area contributed by atoms with Crippen LogP contribution in [0.2, 0.25) is 5.02 Å². The van der Waals surface area contributed by atoms with Crippen molar-refractivity contribution in [2.24, 2.45) is 5.11 Å². The van der Waals surface area contributed by atoms with Gasteiger partial charge in [0, 0.05) is 22.5 Å². The summed E-state index contributed by atoms with van der Waals surface area (Å²) in [6.45, 7) is -0.0247. The molecule has 8 nitrogen and oxygen atoms in total. The summed E-state index contributed by atoms with van der Waals surface area (Å²) in [6, 6.07) is 3.70. The summed E-state index contributed by atoms with van der Waals surface area (Å²) in [5.41, 5.74) is 7.68. The van der Waals surface area contributed by atoms with Gasteiger partial charge >= 0.3 is 0 Å². The first-order chi connectivity index (χ1) is 8.97. The number of aliphatic hydroxyl groups is 2. The first kappa shape index (κ1) is 15.2. The molecule has 0 amide bonds. The van der Waals surface area contributed by atoms with Gasteiger partial charge in [-0.1, -0.05) is 16.7 Å². The van der Waals surface area contributed by atoms with Crippen LogP contribution >= 0.6 is 11.6 Å². The topological polar surface area (TPSA) is 132 Å². The number of nitrogens with zero attached hydrogens (tertiary/aromatic N) is 4. The Morgan fingerprint density at radius 2 is 2.21 bits per heavy atom. The third kappa shape index (κ3) is 4.08. The van der Waals surface area contributed by atoms with Crippen molar-refractivity contribution in [3.63, 3.8) is 0 Å². The first-order valence-corrected chi connectivity index (χ1v) is 5.66. The van der Waals surface area contributed by atoms with Gasteiger partial charge in [0.1, 0.15) is 6.10 Å². The van der Waals surface area contributed by atoms with Crippen LogP contribution in [0.5, 0.6) is 0 Å². The summed E-state index contributed by atoms with van der Waals surface area (Å²) in [5, 5.41) is 33.8. The van der Waals surface area contributed by atoms with Crippen LogP contribution in [0.1, 0.15) is 18.1 Å². The average molecular weight is 287 g/mol. The molecule has 0 fully saturated rings. The molecule has 0 aliphatic carbocycles. The van der Waals surface area contributed by atoms with Crippen LogP contribution in [0.3, 0.4) is 0 Å². The predicted octanol–water partition coefficient (Wildman–Crippen LogP) is 2.34. The lowest BCUT2D eigenvalue weighted by atomic mass is 10.0. The zero-order valence-electron chi connectivity index (χ0n) is 9.68. The second kappa shape index (κ2) is 6.91. The van der Waals surface area contributed by atoms with Crippen molar-refractivity contribution in [3.8, 4) is 0 Å². The maximum absolute atomic E-state index is 10.8. The van der Waals surface area contributed by atoms with E-state index in [1.165, 1.54) is 12.1 Å². The maximum Gasteiger partial charge on any atom is 0.275 e. The first-order valence-electron chi connectivity index (χ1n) is 5.28. The number of halogens is 1. The number of nitro benzene ring substituents is 1. The van der Waals surface area contributed by atoms with Gasteiger partial charge in [-0.3, -0.25) is 10.1 Å². The minimum Gasteiger partial charge on any atom is -0.390 e. The van der Waals surface area contributed by atoms with Crippen molar-refractivity contribution in [3.05, 3.63) is 49.3 Å². The van der Waals surface area contributed by atoms with Gasteiger partial charge in [-0.05, 0) is 24.1 Å². The highest BCUT2D eigenvalue weighted by Crippen LogP contribution is 2.30. The largest absolute Gasteiger partial charge is 0.390 e. The Hall–Kier alpha value is -1.86. The second-order valence-electron chi connectivity index (χ2n) is 3.72. The molecule has 19 heavy (non-hydrogen) atoms. The molecule has 9 heteroatoms. The van der Waals surface area contributed by atoms with Crippen molar-refractivity contribution >= 4 is 17.3 Å². The summed E-state index contributed by atoms with van der Waals surface area (Å²) in [7, 11) is 0. The van der Waals surface area contributed by atoms with Gasteiger partial charge in [0.2, 0.25) is 0 Å². The molecule has 0 saturated heterocycles. The summed E-state index contributed by atoms with van der Waals surface area (Å²) in [5.74, 6) is 0. The quantitative estimate of drug-likeness (QED) is 0.273. The second-order valence-corrected chi connectivity index (χ2v) is 4.15. The zero-order valence-corrected chi connectivity index (χ0v) is 10.4. The molecule has 1 rings (SSSR count). The molecule has 1 aromatic carbocycles. The van der Waals surface area contributed by atoms with Gasteiger partial charge in [0.05, 0.1) is 16.6 Å². The SMILES string of the molecule is [N-]=[N+]=NCCC(O)C(O)c1cc(Cl)ccc1[N+](=O)[O-]. The van der Waals surface area contributed by atoms with Gasteiger partial charge in [-0.2, -0.15) is 0 Å². The van der Waals surface area contributed by atoms with E-state index in [4.69, 9.17) is 17.1 Å². The highest BCUT2D eigenvalue weighted by atomic mass is 35.5. The van der Waals surface area contributed by atoms with E-state index in [-0.39, 0.29) is 29.2 Å². The predicted molar refractivity (Wildman–Crippen MR) is 67.7 cm³/mol. The summed E-state index contributed by atoms with van der Waals surface area (Å²) >= 11 is 5.72. The number of hydrogen-bond donors (Lipinski definition) is 2. The summed E-state index contributed by atoms with van der Waals surface area (Å²) in [6.07, 6.45) is -2.79. The molecule has 0 spiro atoms. The summed E-state index contributed by atoms with van der Waals surface area (Å²) < 4.78 is 0. The van der Waals surface area contributed by atoms with Crippen molar-refractivity contribution in [1.29, 1.82) is 0 Å². The van der Waals surface area contributed by atoms with Crippen LogP contribution in [0.25, 0.3) is 10.4 Å². The Morgan fingerprint density at radius 3 is 2.79 bits per heavy atom. The van der Waals surface area contributed by atoms with Crippen LogP contribution in [0, 0.1) is 10.1 Å². The molecule has 2 atom stereocenters. The molecule has 102 valence electrons. The van der Waals surface area contributed by atoms with Crippen LogP contribution in [0.4, 0.5) is 5.69 Å². The fraction of sp³-hybridized carbons (Fsp3) is 0.400. The molecule has 0 bridgehead atoms. The van der Waals surface area contributed by atoms with Crippen molar-refractivity contribution in [2.75, 3.05) is 6.54 Å². The van der Waals surface area contributed by atoms with Crippen LogP contribution < -0.4 is 0 Å². The van der Waals surface area contributed by atoms with Gasteiger partial charge in [0.25, 0.3) is 5.69 Å². The number of benzene rings is 1. The Labute approximate surface area is 113 Å². The molecular formula is C10H11ClN4O4. The Kier molecular flexibility index (Phi) is 5.53. The van der Waals surface area contributed by atoms with Crippen molar-refractivity contribution in [2.45, 2.75) is 18.6 Å². The van der Waals surface area contributed by atoms with Gasteiger partial charge in [-0.25, -0.2) is 0 Å². The molecule has 1 aromatic rings. The smallest absolute Gasteiger partial charge is 0.275 e. The van der Waals surface area contributed by atoms with Crippen LogP contribution in [0.15, 0.2) is 23.3 Å². The number of nitro groups is 1. The Bertz CT molecular complexity index is 518. The lowest BCUT2D eigenvalue weighted by Crippen LogP contribution is -2.20. The fourth-order valence-electron chi connectivity index (χ4n) is 1.53. The van der Waals surface area contributed by atoms with E-state index in [1.54, 1.807) is 0 Å². The van der Waals surface area contributed by atoms with Crippen LogP contribution in [-0.2, 0) is 0 Å². The molecular weight excluding hydrogens is 276 g/mol. The molecule has 0 saturated carbocycles. The summed E-state index contributed by atoms with van der Waals surface area (Å²) in [4.78, 5) is 12.7.